The van der Waals surface area contributed by atoms with Crippen molar-refractivity contribution < 1.29 is 4.79 Å². The van der Waals surface area contributed by atoms with Crippen LogP contribution in [-0.2, 0) is 4.79 Å². The fourth-order valence-electron chi connectivity index (χ4n) is 2.37. The molecule has 0 bridgehead atoms. The summed E-state index contributed by atoms with van der Waals surface area (Å²) >= 11 is 1.25. The molecule has 1 heterocycles. The summed E-state index contributed by atoms with van der Waals surface area (Å²) in [5, 5.41) is 19.6. The van der Waals surface area contributed by atoms with Gasteiger partial charge in [-0.15, -0.1) is 5.10 Å². The Morgan fingerprint density at radius 2 is 2.22 bits per heavy atom. The molecule has 1 amide bonds. The molecular formula is C16H17N5OS. The zero-order valence-electron chi connectivity index (χ0n) is 12.7. The number of nitrogens with one attached hydrogen (secondary N) is 2. The standard InChI is InChI=1S/C16H17N5OS/c1-16(10-17,12-7-8-12)19-13(22)9-23-15-18-14(20-21-15)11-5-3-2-4-6-11/h2-6,12H,7-9H2,1H3,(H,19,22)(H,18,20,21)/t16-/m1/s1. The smallest absolute Gasteiger partial charge is 0.231 e. The Balaban J connectivity index is 1.56. The van der Waals surface area contributed by atoms with Crippen LogP contribution in [0.2, 0.25) is 0 Å². The Bertz CT molecular complexity index is 734. The number of nitrogens with zero attached hydrogens (tertiary/aromatic N) is 3. The lowest BCUT2D eigenvalue weighted by atomic mass is 9.98. The second kappa shape index (κ2) is 6.42. The minimum atomic E-state index is -0.758. The van der Waals surface area contributed by atoms with Gasteiger partial charge in [0.25, 0.3) is 0 Å². The number of rotatable bonds is 6. The molecule has 0 radical (unpaired) electrons. The Morgan fingerprint density at radius 1 is 1.48 bits per heavy atom. The maximum Gasteiger partial charge on any atom is 0.231 e. The van der Waals surface area contributed by atoms with Crippen LogP contribution >= 0.6 is 11.8 Å². The van der Waals surface area contributed by atoms with Gasteiger partial charge in [0.1, 0.15) is 5.54 Å². The number of benzene rings is 1. The third-order valence-electron chi connectivity index (χ3n) is 3.87. The Morgan fingerprint density at radius 3 is 2.87 bits per heavy atom. The van der Waals surface area contributed by atoms with Gasteiger partial charge in [-0.25, -0.2) is 4.98 Å². The quantitative estimate of drug-likeness (QED) is 0.794. The number of thioether (sulfide) groups is 1. The predicted octanol–water partition coefficient (Wildman–Crippen LogP) is 2.37. The van der Waals surface area contributed by atoms with Crippen molar-refractivity contribution >= 4 is 17.7 Å². The van der Waals surface area contributed by atoms with Crippen LogP contribution in [0.4, 0.5) is 0 Å². The van der Waals surface area contributed by atoms with E-state index < -0.39 is 5.54 Å². The van der Waals surface area contributed by atoms with Crippen LogP contribution in [0, 0.1) is 17.2 Å². The van der Waals surface area contributed by atoms with E-state index >= 15 is 0 Å². The van der Waals surface area contributed by atoms with Crippen molar-refractivity contribution in [2.75, 3.05) is 5.75 Å². The van der Waals surface area contributed by atoms with Crippen LogP contribution in [0.5, 0.6) is 0 Å². The van der Waals surface area contributed by atoms with Gasteiger partial charge in [0.2, 0.25) is 11.1 Å². The van der Waals surface area contributed by atoms with Gasteiger partial charge in [0.15, 0.2) is 5.82 Å². The van der Waals surface area contributed by atoms with Crippen LogP contribution in [0.15, 0.2) is 35.5 Å². The summed E-state index contributed by atoms with van der Waals surface area (Å²) < 4.78 is 0. The summed E-state index contributed by atoms with van der Waals surface area (Å²) in [7, 11) is 0. The third kappa shape index (κ3) is 3.71. The highest BCUT2D eigenvalue weighted by atomic mass is 32.2. The van der Waals surface area contributed by atoms with Gasteiger partial charge < -0.3 is 5.32 Å². The molecule has 2 N–H and O–H groups in total. The Labute approximate surface area is 138 Å². The highest BCUT2D eigenvalue weighted by Gasteiger charge is 2.42. The van der Waals surface area contributed by atoms with Crippen LogP contribution in [0.25, 0.3) is 11.4 Å². The molecule has 0 spiro atoms. The van der Waals surface area contributed by atoms with Crippen LogP contribution < -0.4 is 5.32 Å². The molecular weight excluding hydrogens is 310 g/mol. The molecule has 0 unspecified atom stereocenters. The van der Waals surface area contributed by atoms with E-state index in [0.717, 1.165) is 18.4 Å². The lowest BCUT2D eigenvalue weighted by Crippen LogP contribution is -2.47. The predicted molar refractivity (Wildman–Crippen MR) is 87.4 cm³/mol. The van der Waals surface area contributed by atoms with Crippen molar-refractivity contribution in [1.29, 1.82) is 5.26 Å². The first-order valence-corrected chi connectivity index (χ1v) is 8.42. The first kappa shape index (κ1) is 15.6. The molecule has 7 heteroatoms. The van der Waals surface area contributed by atoms with E-state index in [1.807, 2.05) is 30.3 Å². The van der Waals surface area contributed by atoms with Gasteiger partial charge in [-0.05, 0) is 25.7 Å². The highest BCUT2D eigenvalue weighted by molar-refractivity contribution is 7.99. The van der Waals surface area contributed by atoms with Gasteiger partial charge in [-0.3, -0.25) is 9.89 Å². The van der Waals surface area contributed by atoms with Crippen LogP contribution in [-0.4, -0.2) is 32.4 Å². The van der Waals surface area contributed by atoms with Gasteiger partial charge in [0.05, 0.1) is 11.8 Å². The number of amides is 1. The van der Waals surface area contributed by atoms with Gasteiger partial charge in [-0.1, -0.05) is 42.1 Å². The van der Waals surface area contributed by atoms with Gasteiger partial charge in [0, 0.05) is 5.56 Å². The number of nitriles is 1. The first-order valence-electron chi connectivity index (χ1n) is 7.43. The van der Waals surface area contributed by atoms with Gasteiger partial charge >= 0.3 is 0 Å². The number of hydrogen-bond acceptors (Lipinski definition) is 5. The van der Waals surface area contributed by atoms with Crippen molar-refractivity contribution in [1.82, 2.24) is 20.5 Å². The summed E-state index contributed by atoms with van der Waals surface area (Å²) in [5.74, 6) is 0.968. The lowest BCUT2D eigenvalue weighted by Gasteiger charge is -2.22. The van der Waals surface area contributed by atoms with E-state index in [4.69, 9.17) is 0 Å². The number of hydrogen-bond donors (Lipinski definition) is 2. The molecule has 0 saturated heterocycles. The summed E-state index contributed by atoms with van der Waals surface area (Å²) in [5.41, 5.74) is 0.188. The average molecular weight is 327 g/mol. The van der Waals surface area contributed by atoms with Crippen molar-refractivity contribution in [3.8, 4) is 17.5 Å². The molecule has 1 aliphatic rings. The van der Waals surface area contributed by atoms with E-state index in [-0.39, 0.29) is 17.6 Å². The van der Waals surface area contributed by atoms with E-state index in [9.17, 15) is 10.1 Å². The SMILES string of the molecule is C[C@](C#N)(NC(=O)CSc1n[nH]c(-c2ccccc2)n1)C1CC1. The number of aromatic amines is 1. The summed E-state index contributed by atoms with van der Waals surface area (Å²) in [6.45, 7) is 1.79. The maximum atomic E-state index is 12.1. The van der Waals surface area contributed by atoms with E-state index in [1.165, 1.54) is 11.8 Å². The number of aromatic nitrogens is 3. The second-order valence-corrected chi connectivity index (χ2v) is 6.70. The van der Waals surface area contributed by atoms with Crippen LogP contribution in [0.3, 0.4) is 0 Å². The van der Waals surface area contributed by atoms with E-state index in [1.54, 1.807) is 6.92 Å². The molecule has 1 aromatic heterocycles. The molecule has 118 valence electrons. The minimum Gasteiger partial charge on any atom is -0.337 e. The summed E-state index contributed by atoms with van der Waals surface area (Å²) in [4.78, 5) is 16.4. The fraction of sp³-hybridized carbons (Fsp3) is 0.375. The molecule has 1 fully saturated rings. The molecule has 1 saturated carbocycles. The molecule has 1 atom stereocenters. The Hall–Kier alpha value is -2.33. The number of H-pyrrole nitrogens is 1. The van der Waals surface area contributed by atoms with Crippen LogP contribution in [0.1, 0.15) is 19.8 Å². The molecule has 3 rings (SSSR count). The normalized spacial score (nSPS) is 16.3. The third-order valence-corrected chi connectivity index (χ3v) is 4.72. The first-order chi connectivity index (χ1) is 11.1. The van der Waals surface area contributed by atoms with Crippen molar-refractivity contribution in [2.45, 2.75) is 30.5 Å². The maximum absolute atomic E-state index is 12.1. The van der Waals surface area contributed by atoms with Crippen molar-refractivity contribution in [3.63, 3.8) is 0 Å². The topological polar surface area (TPSA) is 94.5 Å². The summed E-state index contributed by atoms with van der Waals surface area (Å²) in [6.07, 6.45) is 2.00. The minimum absolute atomic E-state index is 0.169. The zero-order chi connectivity index (χ0) is 16.3. The fourth-order valence-corrected chi connectivity index (χ4v) is 2.97. The highest BCUT2D eigenvalue weighted by Crippen LogP contribution is 2.39. The Kier molecular flexibility index (Phi) is 4.35. The average Bonchev–Trinajstić information content (AvgIpc) is 3.33. The van der Waals surface area contributed by atoms with E-state index in [2.05, 4.69) is 26.6 Å². The summed E-state index contributed by atoms with van der Waals surface area (Å²) in [6, 6.07) is 11.9. The molecule has 23 heavy (non-hydrogen) atoms. The molecule has 1 aliphatic carbocycles. The molecule has 1 aromatic carbocycles. The molecule has 0 aliphatic heterocycles. The van der Waals surface area contributed by atoms with Crippen molar-refractivity contribution in [3.05, 3.63) is 30.3 Å². The number of carbonyl (C=O) groups excluding carboxylic acids is 1. The largest absolute Gasteiger partial charge is 0.337 e. The number of carbonyl (C=O) groups is 1. The molecule has 6 nitrogen and oxygen atoms in total. The lowest BCUT2D eigenvalue weighted by molar-refractivity contribution is -0.119. The van der Waals surface area contributed by atoms with E-state index in [0.29, 0.717) is 11.0 Å². The monoisotopic (exact) mass is 327 g/mol. The second-order valence-electron chi connectivity index (χ2n) is 5.76. The van der Waals surface area contributed by atoms with Crippen molar-refractivity contribution in [2.24, 2.45) is 5.92 Å². The zero-order valence-corrected chi connectivity index (χ0v) is 13.6. The molecule has 2 aromatic rings. The van der Waals surface area contributed by atoms with Gasteiger partial charge in [-0.2, -0.15) is 5.26 Å².